The van der Waals surface area contributed by atoms with E-state index in [9.17, 15) is 0 Å². The summed E-state index contributed by atoms with van der Waals surface area (Å²) in [4.78, 5) is 0. The van der Waals surface area contributed by atoms with E-state index in [-0.39, 0.29) is 0 Å². The molecule has 4 rings (SSSR count). The van der Waals surface area contributed by atoms with E-state index in [2.05, 4.69) is 93.6 Å². The Morgan fingerprint density at radius 1 is 0.529 bits per heavy atom. The van der Waals surface area contributed by atoms with Gasteiger partial charge in [-0.1, -0.05) is 94.3 Å². The zero-order valence-corrected chi connectivity index (χ0v) is 21.0. The summed E-state index contributed by atoms with van der Waals surface area (Å²) < 4.78 is 5.36. The zero-order valence-electron chi connectivity index (χ0n) is 21.0. The van der Waals surface area contributed by atoms with E-state index in [1.165, 1.54) is 50.1 Å². The number of rotatable bonds is 9. The third-order valence-corrected chi connectivity index (χ3v) is 6.67. The van der Waals surface area contributed by atoms with Gasteiger partial charge in [-0.05, 0) is 93.6 Å². The van der Waals surface area contributed by atoms with Crippen molar-refractivity contribution in [3.05, 3.63) is 102 Å². The fourth-order valence-corrected chi connectivity index (χ4v) is 4.70. The van der Waals surface area contributed by atoms with Crippen LogP contribution in [0.3, 0.4) is 0 Å². The zero-order chi connectivity index (χ0) is 23.9. The van der Waals surface area contributed by atoms with Gasteiger partial charge in [-0.2, -0.15) is 0 Å². The molecule has 34 heavy (non-hydrogen) atoms. The molecule has 1 heteroatoms. The smallest absolute Gasteiger partial charge is 0.118 e. The van der Waals surface area contributed by atoms with Crippen LogP contribution < -0.4 is 4.74 Å². The van der Waals surface area contributed by atoms with Crippen LogP contribution in [0.1, 0.15) is 50.3 Å². The number of methoxy groups -OCH3 is 1. The molecule has 0 N–H and O–H groups in total. The highest BCUT2D eigenvalue weighted by atomic mass is 16.5. The maximum atomic E-state index is 5.36. The van der Waals surface area contributed by atoms with Crippen molar-refractivity contribution in [3.8, 4) is 39.1 Å². The van der Waals surface area contributed by atoms with Crippen molar-refractivity contribution in [2.75, 3.05) is 7.11 Å². The summed E-state index contributed by atoms with van der Waals surface area (Å²) in [5.41, 5.74) is 12.0. The third kappa shape index (κ3) is 5.25. The van der Waals surface area contributed by atoms with E-state index in [1.54, 1.807) is 7.11 Å². The molecular weight excluding hydrogens is 412 g/mol. The average molecular weight is 449 g/mol. The largest absolute Gasteiger partial charge is 0.497 e. The number of aryl methyl sites for hydroxylation is 3. The van der Waals surface area contributed by atoms with Gasteiger partial charge in [0.25, 0.3) is 0 Å². The predicted molar refractivity (Wildman–Crippen MR) is 147 cm³/mol. The van der Waals surface area contributed by atoms with Crippen molar-refractivity contribution >= 4 is 0 Å². The molecule has 4 aromatic rings. The summed E-state index contributed by atoms with van der Waals surface area (Å²) in [7, 11) is 1.71. The summed E-state index contributed by atoms with van der Waals surface area (Å²) in [5, 5.41) is 0. The Balaban J connectivity index is 1.85. The van der Waals surface area contributed by atoms with Crippen LogP contribution in [0.15, 0.2) is 84.9 Å². The maximum Gasteiger partial charge on any atom is 0.118 e. The van der Waals surface area contributed by atoms with Gasteiger partial charge in [0.05, 0.1) is 7.11 Å². The first-order valence-electron chi connectivity index (χ1n) is 12.7. The molecular formula is C33H36O. The average Bonchev–Trinajstić information content (AvgIpc) is 2.90. The quantitative estimate of drug-likeness (QED) is 0.248. The van der Waals surface area contributed by atoms with Gasteiger partial charge in [0.1, 0.15) is 5.75 Å². The highest BCUT2D eigenvalue weighted by Gasteiger charge is 2.13. The van der Waals surface area contributed by atoms with Crippen LogP contribution in [0, 0.1) is 0 Å². The standard InChI is InChI=1S/C33H36O/c1-5-8-27-14-16-29(25-12-10-24(7-3)11-13-25)22-32(27)33-23-30(17-15-28(33)9-6-2)26-18-20-31(34-4)21-19-26/h10-23H,5-9H2,1-4H3. The molecule has 0 saturated heterocycles. The Labute approximate surface area is 205 Å². The molecule has 0 aliphatic heterocycles. The highest BCUT2D eigenvalue weighted by Crippen LogP contribution is 2.36. The van der Waals surface area contributed by atoms with Gasteiger partial charge in [-0.25, -0.2) is 0 Å². The summed E-state index contributed by atoms with van der Waals surface area (Å²) >= 11 is 0. The first-order chi connectivity index (χ1) is 16.7. The van der Waals surface area contributed by atoms with Crippen LogP contribution >= 0.6 is 0 Å². The predicted octanol–water partition coefficient (Wildman–Crippen LogP) is 9.16. The van der Waals surface area contributed by atoms with E-state index < -0.39 is 0 Å². The topological polar surface area (TPSA) is 9.23 Å². The number of hydrogen-bond acceptors (Lipinski definition) is 1. The summed E-state index contributed by atoms with van der Waals surface area (Å²) in [6.45, 7) is 6.74. The van der Waals surface area contributed by atoms with Crippen molar-refractivity contribution in [2.24, 2.45) is 0 Å². The van der Waals surface area contributed by atoms with E-state index >= 15 is 0 Å². The first-order valence-corrected chi connectivity index (χ1v) is 12.7. The van der Waals surface area contributed by atoms with Gasteiger partial charge in [0, 0.05) is 0 Å². The van der Waals surface area contributed by atoms with Gasteiger partial charge in [-0.3, -0.25) is 0 Å². The van der Waals surface area contributed by atoms with Crippen molar-refractivity contribution < 1.29 is 4.74 Å². The molecule has 0 aliphatic rings. The lowest BCUT2D eigenvalue weighted by molar-refractivity contribution is 0.415. The van der Waals surface area contributed by atoms with Gasteiger partial charge in [0.15, 0.2) is 0 Å². The summed E-state index contributed by atoms with van der Waals surface area (Å²) in [6.07, 6.45) is 5.51. The minimum absolute atomic E-state index is 0.888. The minimum atomic E-state index is 0.888. The van der Waals surface area contributed by atoms with Crippen molar-refractivity contribution in [1.29, 1.82) is 0 Å². The molecule has 0 spiro atoms. The van der Waals surface area contributed by atoms with Gasteiger partial charge in [0.2, 0.25) is 0 Å². The Bertz CT molecular complexity index is 1120. The maximum absolute atomic E-state index is 5.36. The first kappa shape index (κ1) is 23.8. The molecule has 0 heterocycles. The van der Waals surface area contributed by atoms with E-state index in [0.717, 1.165) is 37.9 Å². The fraction of sp³-hybridized carbons (Fsp3) is 0.273. The Hall–Kier alpha value is -3.32. The lowest BCUT2D eigenvalue weighted by atomic mass is 9.87. The van der Waals surface area contributed by atoms with E-state index in [1.807, 2.05) is 12.1 Å². The second kappa shape index (κ2) is 11.2. The molecule has 0 atom stereocenters. The van der Waals surface area contributed by atoms with Crippen LogP contribution in [0.2, 0.25) is 0 Å². The number of ether oxygens (including phenoxy) is 1. The molecule has 0 fully saturated rings. The molecule has 0 saturated carbocycles. The molecule has 0 radical (unpaired) electrons. The molecule has 4 aromatic carbocycles. The van der Waals surface area contributed by atoms with Crippen molar-refractivity contribution in [2.45, 2.75) is 52.9 Å². The molecule has 0 unspecified atom stereocenters. The molecule has 0 amide bonds. The van der Waals surface area contributed by atoms with Gasteiger partial charge < -0.3 is 4.74 Å². The van der Waals surface area contributed by atoms with Gasteiger partial charge >= 0.3 is 0 Å². The molecule has 1 nitrogen and oxygen atoms in total. The van der Waals surface area contributed by atoms with Crippen LogP contribution in [0.4, 0.5) is 0 Å². The SMILES string of the molecule is CCCc1ccc(-c2ccc(CC)cc2)cc1-c1cc(-c2ccc(OC)cc2)ccc1CCC. The van der Waals surface area contributed by atoms with Crippen molar-refractivity contribution in [1.82, 2.24) is 0 Å². The van der Waals surface area contributed by atoms with Crippen LogP contribution in [-0.4, -0.2) is 7.11 Å². The number of hydrogen-bond donors (Lipinski definition) is 0. The number of benzene rings is 4. The Morgan fingerprint density at radius 2 is 0.971 bits per heavy atom. The lowest BCUT2D eigenvalue weighted by Crippen LogP contribution is -1.96. The van der Waals surface area contributed by atoms with Crippen LogP contribution in [0.25, 0.3) is 33.4 Å². The molecule has 174 valence electrons. The van der Waals surface area contributed by atoms with Gasteiger partial charge in [-0.15, -0.1) is 0 Å². The molecule has 0 aromatic heterocycles. The van der Waals surface area contributed by atoms with Crippen LogP contribution in [0.5, 0.6) is 5.75 Å². The van der Waals surface area contributed by atoms with Crippen LogP contribution in [-0.2, 0) is 19.3 Å². The molecule has 0 bridgehead atoms. The van der Waals surface area contributed by atoms with E-state index in [4.69, 9.17) is 4.74 Å². The highest BCUT2D eigenvalue weighted by molar-refractivity contribution is 5.81. The Morgan fingerprint density at radius 3 is 1.38 bits per heavy atom. The fourth-order valence-electron chi connectivity index (χ4n) is 4.70. The monoisotopic (exact) mass is 448 g/mol. The Kier molecular flexibility index (Phi) is 7.85. The lowest BCUT2D eigenvalue weighted by Gasteiger charge is -2.17. The second-order valence-electron chi connectivity index (χ2n) is 9.02. The minimum Gasteiger partial charge on any atom is -0.497 e. The van der Waals surface area contributed by atoms with Crippen molar-refractivity contribution in [3.63, 3.8) is 0 Å². The van der Waals surface area contributed by atoms with E-state index in [0.29, 0.717) is 0 Å². The molecule has 0 aliphatic carbocycles. The summed E-state index contributed by atoms with van der Waals surface area (Å²) in [5.74, 6) is 0.888. The summed E-state index contributed by atoms with van der Waals surface area (Å²) in [6, 6.07) is 31.5. The third-order valence-electron chi connectivity index (χ3n) is 6.67. The second-order valence-corrected chi connectivity index (χ2v) is 9.02. The normalized spacial score (nSPS) is 10.9.